The number of nitro groups is 1. The van der Waals surface area contributed by atoms with Gasteiger partial charge in [0.25, 0.3) is 15.7 Å². The summed E-state index contributed by atoms with van der Waals surface area (Å²) in [6.07, 6.45) is 0. The van der Waals surface area contributed by atoms with Crippen molar-refractivity contribution in [3.8, 4) is 0 Å². The van der Waals surface area contributed by atoms with Crippen LogP contribution in [0.2, 0.25) is 0 Å². The van der Waals surface area contributed by atoms with E-state index in [-0.39, 0.29) is 10.6 Å². The lowest BCUT2D eigenvalue weighted by atomic mass is 10.1. The van der Waals surface area contributed by atoms with Crippen LogP contribution >= 0.6 is 15.9 Å². The molecule has 0 bridgehead atoms. The minimum Gasteiger partial charge on any atom is -0.279 e. The zero-order valence-electron chi connectivity index (χ0n) is 12.1. The van der Waals surface area contributed by atoms with Crippen molar-refractivity contribution in [3.63, 3.8) is 0 Å². The van der Waals surface area contributed by atoms with Crippen LogP contribution in [0.3, 0.4) is 0 Å². The molecule has 0 radical (unpaired) electrons. The Morgan fingerprint density at radius 3 is 2.17 bits per heavy atom. The van der Waals surface area contributed by atoms with E-state index in [1.165, 1.54) is 12.1 Å². The molecule has 24 heavy (non-hydrogen) atoms. The molecule has 0 saturated carbocycles. The summed E-state index contributed by atoms with van der Waals surface area (Å²) in [5.74, 6) is 0. The Hall–Kier alpha value is -2.45. The number of benzene rings is 3. The molecule has 0 saturated heterocycles. The molecule has 1 N–H and O–H groups in total. The molecule has 0 aromatic heterocycles. The number of hydrogen-bond acceptors (Lipinski definition) is 4. The summed E-state index contributed by atoms with van der Waals surface area (Å²) in [5, 5.41) is 12.3. The van der Waals surface area contributed by atoms with E-state index < -0.39 is 14.9 Å². The van der Waals surface area contributed by atoms with Gasteiger partial charge >= 0.3 is 0 Å². The molecule has 8 heteroatoms. The zero-order chi connectivity index (χ0) is 17.3. The fourth-order valence-corrected chi connectivity index (χ4v) is 3.86. The second-order valence-electron chi connectivity index (χ2n) is 5.00. The van der Waals surface area contributed by atoms with Gasteiger partial charge in [0.15, 0.2) is 0 Å². The van der Waals surface area contributed by atoms with Gasteiger partial charge in [-0.2, -0.15) is 0 Å². The number of halogens is 1. The van der Waals surface area contributed by atoms with E-state index in [4.69, 9.17) is 0 Å². The van der Waals surface area contributed by atoms with E-state index in [1.807, 2.05) is 24.3 Å². The summed E-state index contributed by atoms with van der Waals surface area (Å²) in [7, 11) is -3.85. The highest BCUT2D eigenvalue weighted by atomic mass is 79.9. The van der Waals surface area contributed by atoms with Gasteiger partial charge in [0, 0.05) is 22.0 Å². The van der Waals surface area contributed by atoms with Crippen LogP contribution in [0.25, 0.3) is 10.8 Å². The van der Waals surface area contributed by atoms with Crippen molar-refractivity contribution in [1.29, 1.82) is 0 Å². The highest BCUT2D eigenvalue weighted by molar-refractivity contribution is 9.10. The van der Waals surface area contributed by atoms with Crippen LogP contribution in [0.5, 0.6) is 0 Å². The van der Waals surface area contributed by atoms with Crippen LogP contribution in [0.15, 0.2) is 70.0 Å². The standard InChI is InChI=1S/C16H11BrN2O4S/c17-15-9-10-16(14-4-2-1-3-13(14)15)18-24(22,23)12-7-5-11(6-8-12)19(20)21/h1-10,18H. The Labute approximate surface area is 146 Å². The molecule has 3 rings (SSSR count). The number of non-ortho nitro benzene ring substituents is 1. The van der Waals surface area contributed by atoms with Crippen molar-refractivity contribution in [2.45, 2.75) is 4.90 Å². The SMILES string of the molecule is O=[N+]([O-])c1ccc(S(=O)(=O)Nc2ccc(Br)c3ccccc23)cc1. The van der Waals surface area contributed by atoms with Gasteiger partial charge in [-0.05, 0) is 29.7 Å². The van der Waals surface area contributed by atoms with Crippen molar-refractivity contribution < 1.29 is 13.3 Å². The van der Waals surface area contributed by atoms with Gasteiger partial charge in [-0.3, -0.25) is 14.8 Å². The lowest BCUT2D eigenvalue weighted by Crippen LogP contribution is -2.13. The third-order valence-electron chi connectivity index (χ3n) is 3.47. The molecule has 0 amide bonds. The third kappa shape index (κ3) is 3.10. The molecule has 0 fully saturated rings. The summed E-state index contributed by atoms with van der Waals surface area (Å²) in [4.78, 5) is 10.0. The molecule has 0 heterocycles. The van der Waals surface area contributed by atoms with Crippen LogP contribution < -0.4 is 4.72 Å². The highest BCUT2D eigenvalue weighted by Crippen LogP contribution is 2.31. The first-order valence-electron chi connectivity index (χ1n) is 6.83. The van der Waals surface area contributed by atoms with Gasteiger partial charge < -0.3 is 0 Å². The van der Waals surface area contributed by atoms with Crippen LogP contribution in [-0.4, -0.2) is 13.3 Å². The van der Waals surface area contributed by atoms with Crippen molar-refractivity contribution >= 4 is 48.1 Å². The fourth-order valence-electron chi connectivity index (χ4n) is 2.30. The molecular weight excluding hydrogens is 396 g/mol. The molecular formula is C16H11BrN2O4S. The van der Waals surface area contributed by atoms with E-state index in [9.17, 15) is 18.5 Å². The Morgan fingerprint density at radius 1 is 0.917 bits per heavy atom. The summed E-state index contributed by atoms with van der Waals surface area (Å²) >= 11 is 3.44. The second kappa shape index (κ2) is 6.21. The zero-order valence-corrected chi connectivity index (χ0v) is 14.5. The highest BCUT2D eigenvalue weighted by Gasteiger charge is 2.17. The first-order valence-corrected chi connectivity index (χ1v) is 9.10. The summed E-state index contributed by atoms with van der Waals surface area (Å²) in [5.41, 5.74) is 0.273. The van der Waals surface area contributed by atoms with Gasteiger partial charge in [-0.1, -0.05) is 40.2 Å². The third-order valence-corrected chi connectivity index (χ3v) is 5.55. The van der Waals surface area contributed by atoms with Crippen LogP contribution in [-0.2, 0) is 10.0 Å². The van der Waals surface area contributed by atoms with E-state index in [0.29, 0.717) is 5.69 Å². The molecule has 0 spiro atoms. The normalized spacial score (nSPS) is 11.4. The second-order valence-corrected chi connectivity index (χ2v) is 7.53. The number of anilines is 1. The number of fused-ring (bicyclic) bond motifs is 1. The summed E-state index contributed by atoms with van der Waals surface area (Å²) in [6.45, 7) is 0. The molecule has 0 aliphatic carbocycles. The minimum atomic E-state index is -3.85. The average molecular weight is 407 g/mol. The van der Waals surface area contributed by atoms with E-state index in [0.717, 1.165) is 27.4 Å². The monoisotopic (exact) mass is 406 g/mol. The largest absolute Gasteiger partial charge is 0.279 e. The predicted molar refractivity (Wildman–Crippen MR) is 95.6 cm³/mol. The number of nitro benzene ring substituents is 1. The molecule has 0 aliphatic heterocycles. The van der Waals surface area contributed by atoms with Crippen molar-refractivity contribution in [2.75, 3.05) is 4.72 Å². The molecule has 6 nitrogen and oxygen atoms in total. The van der Waals surface area contributed by atoms with E-state index in [1.54, 1.807) is 12.1 Å². The Balaban J connectivity index is 2.01. The number of nitrogens with one attached hydrogen (secondary N) is 1. The first-order chi connectivity index (χ1) is 11.4. The summed E-state index contributed by atoms with van der Waals surface area (Å²) in [6, 6.07) is 15.5. The smallest absolute Gasteiger partial charge is 0.269 e. The Morgan fingerprint density at radius 2 is 1.54 bits per heavy atom. The quantitative estimate of drug-likeness (QED) is 0.516. The number of sulfonamides is 1. The number of nitrogens with zero attached hydrogens (tertiary/aromatic N) is 1. The summed E-state index contributed by atoms with van der Waals surface area (Å²) < 4.78 is 28.4. The lowest BCUT2D eigenvalue weighted by molar-refractivity contribution is -0.384. The van der Waals surface area contributed by atoms with Gasteiger partial charge in [0.1, 0.15) is 0 Å². The average Bonchev–Trinajstić information content (AvgIpc) is 2.58. The lowest BCUT2D eigenvalue weighted by Gasteiger charge is -2.11. The topological polar surface area (TPSA) is 89.3 Å². The molecule has 0 atom stereocenters. The van der Waals surface area contributed by atoms with Crippen molar-refractivity contribution in [1.82, 2.24) is 0 Å². The van der Waals surface area contributed by atoms with Gasteiger partial charge in [-0.25, -0.2) is 8.42 Å². The Kier molecular flexibility index (Phi) is 4.25. The molecule has 3 aromatic carbocycles. The van der Waals surface area contributed by atoms with E-state index >= 15 is 0 Å². The van der Waals surface area contributed by atoms with Gasteiger partial charge in [0.2, 0.25) is 0 Å². The van der Waals surface area contributed by atoms with Gasteiger partial charge in [-0.15, -0.1) is 0 Å². The molecule has 0 unspecified atom stereocenters. The minimum absolute atomic E-state index is 0.0416. The van der Waals surface area contributed by atoms with Crippen LogP contribution in [0.4, 0.5) is 11.4 Å². The maximum absolute atomic E-state index is 12.5. The van der Waals surface area contributed by atoms with Crippen LogP contribution in [0, 0.1) is 10.1 Å². The Bertz CT molecular complexity index is 1030. The van der Waals surface area contributed by atoms with E-state index in [2.05, 4.69) is 20.7 Å². The first kappa shape index (κ1) is 16.4. The van der Waals surface area contributed by atoms with Gasteiger partial charge in [0.05, 0.1) is 15.5 Å². The number of rotatable bonds is 4. The number of hydrogen-bond donors (Lipinski definition) is 1. The van der Waals surface area contributed by atoms with Crippen molar-refractivity contribution in [3.05, 3.63) is 75.3 Å². The maximum Gasteiger partial charge on any atom is 0.269 e. The molecule has 3 aromatic rings. The van der Waals surface area contributed by atoms with Crippen LogP contribution in [0.1, 0.15) is 0 Å². The maximum atomic E-state index is 12.5. The molecule has 0 aliphatic rings. The molecule has 122 valence electrons. The van der Waals surface area contributed by atoms with Crippen molar-refractivity contribution in [2.24, 2.45) is 0 Å². The predicted octanol–water partition coefficient (Wildman–Crippen LogP) is 4.31. The fraction of sp³-hybridized carbons (Fsp3) is 0.